The Morgan fingerprint density at radius 3 is 2.07 bits per heavy atom. The molecule has 0 aromatic rings. The smallest absolute Gasteiger partial charge is 0.220 e. The van der Waals surface area contributed by atoms with E-state index >= 15 is 0 Å². The number of hydrogen-bond acceptors (Lipinski definition) is 7. The van der Waals surface area contributed by atoms with E-state index in [4.69, 9.17) is 25.3 Å². The highest BCUT2D eigenvalue weighted by Gasteiger charge is 2.44. The highest BCUT2D eigenvalue weighted by Crippen LogP contribution is 2.20. The first-order valence-electron chi connectivity index (χ1n) is 3.72. The van der Waals surface area contributed by atoms with E-state index in [1.807, 2.05) is 0 Å². The number of aliphatic hydroxyl groups excluding tert-OH is 4. The van der Waals surface area contributed by atoms with E-state index < -0.39 is 37.3 Å². The minimum atomic E-state index is -1.55. The summed E-state index contributed by atoms with van der Waals surface area (Å²) in [7, 11) is 0. The Balaban J connectivity index is 0.00000169. The quantitative estimate of drug-likeness (QED) is 0.236. The van der Waals surface area contributed by atoms with Crippen molar-refractivity contribution < 1.29 is 40.8 Å². The van der Waals surface area contributed by atoms with Crippen LogP contribution in [-0.2, 0) is 9.62 Å². The molecule has 1 saturated heterocycles. The highest BCUT2D eigenvalue weighted by atomic mass is 17.1. The van der Waals surface area contributed by atoms with Crippen molar-refractivity contribution in [3.8, 4) is 0 Å². The van der Waals surface area contributed by atoms with Crippen molar-refractivity contribution in [1.29, 1.82) is 0 Å². The van der Waals surface area contributed by atoms with Crippen LogP contribution in [0.25, 0.3) is 0 Å². The Labute approximate surface area is 79.2 Å². The Kier molecular flexibility index (Phi) is 5.41. The molecule has 0 aromatic heterocycles. The summed E-state index contributed by atoms with van der Waals surface area (Å²) in [5.74, 6) is 0. The lowest BCUT2D eigenvalue weighted by Crippen LogP contribution is -2.58. The fourth-order valence-electron chi connectivity index (χ4n) is 1.15. The molecular formula is C6H14O8. The average Bonchev–Trinajstić information content (AvgIpc) is 2.15. The summed E-state index contributed by atoms with van der Waals surface area (Å²) in [6.07, 6.45) is -7.04. The van der Waals surface area contributed by atoms with Crippen molar-refractivity contribution in [2.45, 2.75) is 30.7 Å². The third-order valence-electron chi connectivity index (χ3n) is 1.95. The first kappa shape index (κ1) is 13.7. The van der Waals surface area contributed by atoms with Crippen molar-refractivity contribution in [3.63, 3.8) is 0 Å². The molecule has 8 nitrogen and oxygen atoms in total. The molecule has 86 valence electrons. The predicted molar refractivity (Wildman–Crippen MR) is 41.1 cm³/mol. The maximum atomic E-state index is 9.19. The van der Waals surface area contributed by atoms with Crippen molar-refractivity contribution >= 4 is 0 Å². The maximum absolute atomic E-state index is 9.19. The number of aliphatic hydroxyl groups is 4. The number of hydrogen-bond donors (Lipinski definition) is 5. The summed E-state index contributed by atoms with van der Waals surface area (Å²) in [6.45, 7) is -0.551. The lowest BCUT2D eigenvalue weighted by molar-refractivity contribution is -0.404. The van der Waals surface area contributed by atoms with Crippen molar-refractivity contribution in [1.82, 2.24) is 0 Å². The van der Waals surface area contributed by atoms with Crippen LogP contribution >= 0.6 is 0 Å². The molecule has 14 heavy (non-hydrogen) atoms. The molecule has 0 unspecified atom stereocenters. The normalized spacial score (nSPS) is 43.1. The molecule has 1 aliphatic heterocycles. The van der Waals surface area contributed by atoms with Crippen LogP contribution in [0.2, 0.25) is 0 Å². The summed E-state index contributed by atoms with van der Waals surface area (Å²) in [4.78, 5) is 3.70. The van der Waals surface area contributed by atoms with Crippen LogP contribution in [0.4, 0.5) is 0 Å². The zero-order valence-corrected chi connectivity index (χ0v) is 7.15. The minimum absolute atomic E-state index is 0. The Morgan fingerprint density at radius 1 is 1.07 bits per heavy atom. The second-order valence-corrected chi connectivity index (χ2v) is 2.80. The second kappa shape index (κ2) is 5.53. The average molecular weight is 214 g/mol. The van der Waals surface area contributed by atoms with Crippen molar-refractivity contribution in [2.75, 3.05) is 6.61 Å². The van der Waals surface area contributed by atoms with Crippen LogP contribution in [0, 0.1) is 0 Å². The van der Waals surface area contributed by atoms with Gasteiger partial charge in [-0.05, 0) is 0 Å². The van der Waals surface area contributed by atoms with Crippen LogP contribution in [-0.4, -0.2) is 68.5 Å². The van der Waals surface area contributed by atoms with E-state index in [0.29, 0.717) is 0 Å². The molecule has 0 aromatic carbocycles. The molecule has 0 aliphatic carbocycles. The van der Waals surface area contributed by atoms with Gasteiger partial charge in [0.05, 0.1) is 6.61 Å². The molecule has 0 amide bonds. The van der Waals surface area contributed by atoms with Gasteiger partial charge in [0.15, 0.2) is 0 Å². The fraction of sp³-hybridized carbons (Fsp3) is 1.00. The van der Waals surface area contributed by atoms with Crippen LogP contribution in [0.15, 0.2) is 0 Å². The molecular weight excluding hydrogens is 200 g/mol. The SMILES string of the molecule is O.OC[C@H]1O[C@H](OO)[C@H](O)[C@@H](O)[C@H]1O. The van der Waals surface area contributed by atoms with Crippen LogP contribution in [0.1, 0.15) is 0 Å². The van der Waals surface area contributed by atoms with Gasteiger partial charge < -0.3 is 30.6 Å². The van der Waals surface area contributed by atoms with Crippen molar-refractivity contribution in [3.05, 3.63) is 0 Å². The maximum Gasteiger partial charge on any atom is 0.220 e. The van der Waals surface area contributed by atoms with Gasteiger partial charge >= 0.3 is 0 Å². The van der Waals surface area contributed by atoms with Gasteiger partial charge in [-0.1, -0.05) is 0 Å². The van der Waals surface area contributed by atoms with Gasteiger partial charge in [-0.2, -0.15) is 0 Å². The van der Waals surface area contributed by atoms with Gasteiger partial charge in [0.2, 0.25) is 6.29 Å². The molecule has 0 radical (unpaired) electrons. The second-order valence-electron chi connectivity index (χ2n) is 2.80. The molecule has 7 N–H and O–H groups in total. The van der Waals surface area contributed by atoms with E-state index in [9.17, 15) is 5.11 Å². The predicted octanol–water partition coefficient (Wildman–Crippen LogP) is -3.55. The molecule has 8 heteroatoms. The van der Waals surface area contributed by atoms with Gasteiger partial charge in [-0.3, -0.25) is 0 Å². The molecule has 1 aliphatic rings. The topological polar surface area (TPSA) is 151 Å². The number of ether oxygens (including phenoxy) is 1. The minimum Gasteiger partial charge on any atom is -0.412 e. The lowest BCUT2D eigenvalue weighted by atomic mass is 9.99. The third kappa shape index (κ3) is 2.38. The van der Waals surface area contributed by atoms with Crippen LogP contribution in [0.3, 0.4) is 0 Å². The van der Waals surface area contributed by atoms with Crippen molar-refractivity contribution in [2.24, 2.45) is 0 Å². The Bertz CT molecular complexity index is 144. The summed E-state index contributed by atoms with van der Waals surface area (Å²) in [6, 6.07) is 0. The van der Waals surface area contributed by atoms with E-state index in [-0.39, 0.29) is 5.48 Å². The first-order valence-corrected chi connectivity index (χ1v) is 3.72. The molecule has 0 saturated carbocycles. The van der Waals surface area contributed by atoms with Gasteiger partial charge in [-0.25, -0.2) is 10.1 Å². The molecule has 1 heterocycles. The van der Waals surface area contributed by atoms with E-state index in [1.54, 1.807) is 0 Å². The van der Waals surface area contributed by atoms with Gasteiger partial charge in [0.25, 0.3) is 0 Å². The van der Waals surface area contributed by atoms with Gasteiger partial charge in [0.1, 0.15) is 24.4 Å². The highest BCUT2D eigenvalue weighted by molar-refractivity contribution is 4.88. The molecule has 0 bridgehead atoms. The largest absolute Gasteiger partial charge is 0.412 e. The molecule has 1 rings (SSSR count). The Hall–Kier alpha value is -0.320. The van der Waals surface area contributed by atoms with E-state index in [2.05, 4.69) is 4.89 Å². The standard InChI is InChI=1S/C6H12O7.H2O/c7-1-2-3(8)4(9)5(10)6(12-2)13-11;/h2-11H,1H2;1H2/t2-,3+,4+,5-,6-;/m1./s1. The third-order valence-corrected chi connectivity index (χ3v) is 1.95. The first-order chi connectivity index (χ1) is 6.11. The molecule has 1 fully saturated rings. The van der Waals surface area contributed by atoms with Crippen LogP contribution in [0.5, 0.6) is 0 Å². The summed E-state index contributed by atoms with van der Waals surface area (Å²) in [5, 5.41) is 44.4. The van der Waals surface area contributed by atoms with Crippen LogP contribution < -0.4 is 0 Å². The van der Waals surface area contributed by atoms with Gasteiger partial charge in [-0.15, -0.1) is 0 Å². The number of rotatable bonds is 2. The van der Waals surface area contributed by atoms with Gasteiger partial charge in [0, 0.05) is 0 Å². The Morgan fingerprint density at radius 2 is 1.64 bits per heavy atom. The van der Waals surface area contributed by atoms with E-state index in [0.717, 1.165) is 0 Å². The fourth-order valence-corrected chi connectivity index (χ4v) is 1.15. The lowest BCUT2D eigenvalue weighted by Gasteiger charge is -2.37. The summed E-state index contributed by atoms with van der Waals surface area (Å²) < 4.78 is 4.70. The zero-order valence-electron chi connectivity index (χ0n) is 7.15. The zero-order chi connectivity index (χ0) is 10.0. The van der Waals surface area contributed by atoms with E-state index in [1.165, 1.54) is 0 Å². The molecule has 5 atom stereocenters. The summed E-state index contributed by atoms with van der Waals surface area (Å²) in [5.41, 5.74) is 0. The summed E-state index contributed by atoms with van der Waals surface area (Å²) >= 11 is 0. The molecule has 0 spiro atoms. The monoisotopic (exact) mass is 214 g/mol.